The van der Waals surface area contributed by atoms with E-state index in [2.05, 4.69) is 81.8 Å². The van der Waals surface area contributed by atoms with Crippen molar-refractivity contribution < 1.29 is 9.59 Å². The van der Waals surface area contributed by atoms with Crippen molar-refractivity contribution in [3.63, 3.8) is 0 Å². The van der Waals surface area contributed by atoms with Gasteiger partial charge in [-0.05, 0) is 61.9 Å². The van der Waals surface area contributed by atoms with Crippen LogP contribution in [0.4, 0.5) is 11.4 Å². The van der Waals surface area contributed by atoms with Crippen molar-refractivity contribution >= 4 is 23.2 Å². The van der Waals surface area contributed by atoms with Gasteiger partial charge >= 0.3 is 0 Å². The van der Waals surface area contributed by atoms with Gasteiger partial charge in [0.2, 0.25) is 0 Å². The number of aromatic nitrogens is 15. The average Bonchev–Trinajstić information content (AvgIpc) is 4.07. The minimum Gasteiger partial charge on any atom is -0.378 e. The van der Waals surface area contributed by atoms with Gasteiger partial charge in [0.05, 0.1) is 31.7 Å². The van der Waals surface area contributed by atoms with Crippen molar-refractivity contribution in [2.75, 3.05) is 10.6 Å². The molecule has 0 bridgehead atoms. The lowest BCUT2D eigenvalue weighted by Gasteiger charge is -2.18. The molecule has 6 heterocycles. The van der Waals surface area contributed by atoms with Gasteiger partial charge in [-0.15, -0.1) is 30.6 Å². The van der Waals surface area contributed by atoms with E-state index >= 15 is 0 Å². The van der Waals surface area contributed by atoms with Crippen LogP contribution < -0.4 is 21.3 Å². The van der Waals surface area contributed by atoms with Gasteiger partial charge in [-0.3, -0.25) is 9.59 Å². The van der Waals surface area contributed by atoms with Crippen molar-refractivity contribution in [3.05, 3.63) is 144 Å². The lowest BCUT2D eigenvalue weighted by molar-refractivity contribution is 0.0930. The number of nitrogens with one attached hydrogen (secondary N) is 4. The van der Waals surface area contributed by atoms with Gasteiger partial charge < -0.3 is 35.0 Å². The molecule has 6 aromatic heterocycles. The number of carbonyl (C=O) groups excluding carboxylic acids is 2. The molecule has 2 aromatic carbocycles. The topological polar surface area (TPSA) is 252 Å². The van der Waals surface area contributed by atoms with E-state index in [1.807, 2.05) is 59.8 Å². The molecule has 4 N–H and O–H groups in total. The Balaban J connectivity index is 0.840. The summed E-state index contributed by atoms with van der Waals surface area (Å²) in [6.07, 6.45) is 11.9. The first-order valence-corrected chi connectivity index (χ1v) is 20.0. The summed E-state index contributed by atoms with van der Waals surface area (Å²) < 4.78 is 5.57. The zero-order valence-electron chi connectivity index (χ0n) is 34.8. The molecule has 0 fully saturated rings. The summed E-state index contributed by atoms with van der Waals surface area (Å²) in [5.41, 5.74) is 4.58. The van der Waals surface area contributed by atoms with Crippen molar-refractivity contribution in [2.24, 2.45) is 14.1 Å². The Morgan fingerprint density at radius 2 is 1.24 bits per heavy atom. The molecule has 0 aliphatic heterocycles. The summed E-state index contributed by atoms with van der Waals surface area (Å²) in [4.78, 5) is 52.4. The summed E-state index contributed by atoms with van der Waals surface area (Å²) in [6.45, 7) is 4.83. The number of anilines is 2. The van der Waals surface area contributed by atoms with E-state index in [4.69, 9.17) is 0 Å². The molecule has 8 aromatic rings. The van der Waals surface area contributed by atoms with E-state index in [9.17, 15) is 9.59 Å². The molecular formula is C42H43N19O2. The van der Waals surface area contributed by atoms with E-state index < -0.39 is 6.04 Å². The van der Waals surface area contributed by atoms with E-state index in [0.717, 1.165) is 16.9 Å². The lowest BCUT2D eigenvalue weighted by Crippen LogP contribution is -2.29. The molecule has 0 aliphatic rings. The molecule has 0 spiro atoms. The third-order valence-corrected chi connectivity index (χ3v) is 10.4. The smallest absolute Gasteiger partial charge is 0.251 e. The fourth-order valence-electron chi connectivity index (χ4n) is 6.70. The third kappa shape index (κ3) is 9.51. The van der Waals surface area contributed by atoms with Crippen LogP contribution in [-0.4, -0.2) is 86.0 Å². The normalized spacial score (nSPS) is 12.1. The molecule has 63 heavy (non-hydrogen) atoms. The largest absolute Gasteiger partial charge is 0.378 e. The molecule has 318 valence electrons. The first-order valence-electron chi connectivity index (χ1n) is 20.0. The van der Waals surface area contributed by atoms with Crippen LogP contribution in [0, 0.1) is 0 Å². The molecule has 8 rings (SSSR count). The highest BCUT2D eigenvalue weighted by Gasteiger charge is 2.20. The van der Waals surface area contributed by atoms with E-state index in [1.54, 1.807) is 73.6 Å². The minimum absolute atomic E-state index is 0.135. The first kappa shape index (κ1) is 41.4. The second-order valence-electron chi connectivity index (χ2n) is 14.4. The van der Waals surface area contributed by atoms with Gasteiger partial charge in [0, 0.05) is 66.9 Å². The molecule has 2 unspecified atom stereocenters. The number of nitrogens with zero attached hydrogens (tertiary/aromatic N) is 15. The van der Waals surface area contributed by atoms with E-state index in [1.165, 1.54) is 12.7 Å². The minimum atomic E-state index is -0.429. The predicted molar refractivity (Wildman–Crippen MR) is 229 cm³/mol. The van der Waals surface area contributed by atoms with E-state index in [-0.39, 0.29) is 24.4 Å². The van der Waals surface area contributed by atoms with Crippen molar-refractivity contribution in [2.45, 2.75) is 52.0 Å². The highest BCUT2D eigenvalue weighted by atomic mass is 16.2. The van der Waals surface area contributed by atoms with Crippen LogP contribution in [-0.2, 0) is 33.7 Å². The predicted octanol–water partition coefficient (Wildman–Crippen LogP) is 3.88. The SMILES string of the molecule is CCC(NC(=O)c1cccc(NCc2nnc(-c3ccncn3)n2C)c1)c1ncc(C(C)n2cnnc2CNC(=O)c2cccc(NCc3nnc(-c4ccncn4)n3C)c2)cn1. The van der Waals surface area contributed by atoms with Crippen molar-refractivity contribution in [1.29, 1.82) is 0 Å². The fourth-order valence-corrected chi connectivity index (χ4v) is 6.70. The molecule has 2 amide bonds. The highest BCUT2D eigenvalue weighted by molar-refractivity contribution is 5.95. The fraction of sp³-hybridized carbons (Fsp3) is 0.238. The molecular weight excluding hydrogens is 803 g/mol. The van der Waals surface area contributed by atoms with Gasteiger partial charge in [0.1, 0.15) is 36.2 Å². The molecule has 2 atom stereocenters. The zero-order valence-corrected chi connectivity index (χ0v) is 34.8. The lowest BCUT2D eigenvalue weighted by atomic mass is 10.1. The summed E-state index contributed by atoms with van der Waals surface area (Å²) in [7, 11) is 3.74. The summed E-state index contributed by atoms with van der Waals surface area (Å²) in [5, 5.41) is 38.2. The van der Waals surface area contributed by atoms with E-state index in [0.29, 0.717) is 77.0 Å². The first-order chi connectivity index (χ1) is 30.7. The average molecular weight is 846 g/mol. The highest BCUT2D eigenvalue weighted by Crippen LogP contribution is 2.22. The van der Waals surface area contributed by atoms with Gasteiger partial charge in [-0.2, -0.15) is 0 Å². The van der Waals surface area contributed by atoms with Gasteiger partial charge in [0.25, 0.3) is 11.8 Å². The Morgan fingerprint density at radius 3 is 1.78 bits per heavy atom. The van der Waals surface area contributed by atoms with Crippen LogP contribution in [0.25, 0.3) is 23.0 Å². The van der Waals surface area contributed by atoms with Gasteiger partial charge in [-0.25, -0.2) is 29.9 Å². The van der Waals surface area contributed by atoms with Crippen LogP contribution in [0.3, 0.4) is 0 Å². The maximum absolute atomic E-state index is 13.5. The molecule has 0 saturated carbocycles. The molecule has 0 saturated heterocycles. The maximum atomic E-state index is 13.5. The van der Waals surface area contributed by atoms with Crippen LogP contribution in [0.5, 0.6) is 0 Å². The second-order valence-corrected chi connectivity index (χ2v) is 14.4. The number of benzene rings is 2. The Morgan fingerprint density at radius 1 is 0.667 bits per heavy atom. The number of amides is 2. The van der Waals surface area contributed by atoms with Crippen molar-refractivity contribution in [1.82, 2.24) is 84.8 Å². The number of rotatable bonds is 17. The summed E-state index contributed by atoms with van der Waals surface area (Å²) in [5.74, 6) is 3.15. The summed E-state index contributed by atoms with van der Waals surface area (Å²) in [6, 6.07) is 17.3. The summed E-state index contributed by atoms with van der Waals surface area (Å²) >= 11 is 0. The molecule has 21 heteroatoms. The standard InChI is InChI=1S/C42H43N19O2/c1-5-32(53-42(63)28-9-7-11-31(17-28)46-21-36-56-58-40(60(36)4)34-13-15-44-24-51-34)38-47-18-29(19-48-38)26(2)61-25-52-54-37(61)22-49-41(62)27-8-6-10-30(16-27)45-20-35-55-57-39(59(35)3)33-12-14-43-23-50-33/h6-19,23-26,32,45-46H,5,20-22H2,1-4H3,(H,49,62)(H,53,63). The van der Waals surface area contributed by atoms with Crippen LogP contribution in [0.1, 0.15) is 81.9 Å². The second kappa shape index (κ2) is 18.9. The van der Waals surface area contributed by atoms with Crippen molar-refractivity contribution in [3.8, 4) is 23.0 Å². The number of carbonyl (C=O) groups is 2. The Labute approximate surface area is 361 Å². The van der Waals surface area contributed by atoms with Crippen LogP contribution in [0.2, 0.25) is 0 Å². The molecule has 21 nitrogen and oxygen atoms in total. The van der Waals surface area contributed by atoms with Gasteiger partial charge in [-0.1, -0.05) is 19.1 Å². The Hall–Kier alpha value is -8.36. The monoisotopic (exact) mass is 845 g/mol. The number of hydrogen-bond acceptors (Lipinski definition) is 16. The Bertz CT molecular complexity index is 2810. The van der Waals surface area contributed by atoms with Crippen LogP contribution in [0.15, 0.2) is 104 Å². The Kier molecular flexibility index (Phi) is 12.4. The zero-order chi connectivity index (χ0) is 43.7. The molecule has 0 radical (unpaired) electrons. The quantitative estimate of drug-likeness (QED) is 0.101. The molecule has 0 aliphatic carbocycles. The third-order valence-electron chi connectivity index (χ3n) is 10.4. The van der Waals surface area contributed by atoms with Crippen LogP contribution >= 0.6 is 0 Å². The number of hydrogen-bond donors (Lipinski definition) is 4. The maximum Gasteiger partial charge on any atom is 0.251 e. The van der Waals surface area contributed by atoms with Gasteiger partial charge in [0.15, 0.2) is 29.1 Å².